The molecule has 3 aromatic carbocycles. The Morgan fingerprint density at radius 3 is 2.36 bits per heavy atom. The molecule has 1 nitrogen and oxygen atoms in total. The van der Waals surface area contributed by atoms with Gasteiger partial charge in [0.25, 0.3) is 0 Å². The molecule has 0 aromatic heterocycles. The number of rotatable bonds is 8. The maximum absolute atomic E-state index is 6.21. The van der Waals surface area contributed by atoms with Crippen molar-refractivity contribution in [3.8, 4) is 11.5 Å². The summed E-state index contributed by atoms with van der Waals surface area (Å²) in [7, 11) is 0. The van der Waals surface area contributed by atoms with Gasteiger partial charge in [0.2, 0.25) is 0 Å². The molecule has 0 fully saturated rings. The van der Waals surface area contributed by atoms with E-state index in [9.17, 15) is 0 Å². The maximum Gasteiger partial charge on any atom is 0.127 e. The van der Waals surface area contributed by atoms with Crippen LogP contribution in [0.5, 0.6) is 11.5 Å². The Morgan fingerprint density at radius 1 is 0.893 bits per heavy atom. The second-order valence-electron chi connectivity index (χ2n) is 7.17. The standard InChI is InChI=1S/C25H24Cl2O/c1-3-25(2,20-14-15-23(26)24(27)18-20)16-8-10-19-9-7-13-22(17-19)28-21-11-5-4-6-12-21/h3-7,9,11-15,17-18H,1,8,10,16H2,2H3. The van der Waals surface area contributed by atoms with Crippen LogP contribution < -0.4 is 4.74 Å². The third kappa shape index (κ3) is 5.19. The zero-order valence-electron chi connectivity index (χ0n) is 16.0. The average Bonchev–Trinajstić information content (AvgIpc) is 2.71. The van der Waals surface area contributed by atoms with Crippen LogP contribution in [0.15, 0.2) is 85.5 Å². The summed E-state index contributed by atoms with van der Waals surface area (Å²) in [5.74, 6) is 1.71. The van der Waals surface area contributed by atoms with Crippen molar-refractivity contribution >= 4 is 23.2 Å². The molecule has 3 heteroatoms. The molecule has 144 valence electrons. The highest BCUT2D eigenvalue weighted by molar-refractivity contribution is 6.42. The Balaban J connectivity index is 1.64. The lowest BCUT2D eigenvalue weighted by atomic mass is 9.78. The van der Waals surface area contributed by atoms with Gasteiger partial charge in [-0.15, -0.1) is 6.58 Å². The van der Waals surface area contributed by atoms with E-state index in [2.05, 4.69) is 25.6 Å². The lowest BCUT2D eigenvalue weighted by Gasteiger charge is -2.27. The van der Waals surface area contributed by atoms with Crippen molar-refractivity contribution in [3.05, 3.63) is 107 Å². The van der Waals surface area contributed by atoms with Gasteiger partial charge in [0.15, 0.2) is 0 Å². The van der Waals surface area contributed by atoms with Crippen LogP contribution in [0.4, 0.5) is 0 Å². The van der Waals surface area contributed by atoms with E-state index in [0.29, 0.717) is 10.0 Å². The molecule has 3 aromatic rings. The lowest BCUT2D eigenvalue weighted by molar-refractivity contribution is 0.481. The van der Waals surface area contributed by atoms with Gasteiger partial charge >= 0.3 is 0 Å². The van der Waals surface area contributed by atoms with Gasteiger partial charge in [0.05, 0.1) is 10.0 Å². The first-order valence-corrected chi connectivity index (χ1v) is 10.2. The SMILES string of the molecule is C=CC(C)(CCCc1cccc(Oc2ccccc2)c1)c1ccc(Cl)c(Cl)c1. The molecule has 0 aliphatic carbocycles. The topological polar surface area (TPSA) is 9.23 Å². The van der Waals surface area contributed by atoms with Crippen LogP contribution in [-0.2, 0) is 11.8 Å². The highest BCUT2D eigenvalue weighted by Gasteiger charge is 2.23. The van der Waals surface area contributed by atoms with Gasteiger partial charge in [-0.1, -0.05) is 72.6 Å². The highest BCUT2D eigenvalue weighted by Crippen LogP contribution is 2.35. The Bertz CT molecular complexity index is 936. The Hall–Kier alpha value is -2.22. The van der Waals surface area contributed by atoms with E-state index in [1.807, 2.05) is 66.7 Å². The zero-order chi connectivity index (χ0) is 20.0. The minimum atomic E-state index is -0.146. The second-order valence-corrected chi connectivity index (χ2v) is 7.98. The van der Waals surface area contributed by atoms with Crippen LogP contribution in [0, 0.1) is 0 Å². The summed E-state index contributed by atoms with van der Waals surface area (Å²) in [5, 5.41) is 1.16. The number of halogens is 2. The first-order valence-electron chi connectivity index (χ1n) is 9.41. The molecule has 0 saturated carbocycles. The van der Waals surface area contributed by atoms with Crippen LogP contribution in [0.2, 0.25) is 10.0 Å². The molecule has 28 heavy (non-hydrogen) atoms. The van der Waals surface area contributed by atoms with E-state index in [1.54, 1.807) is 0 Å². The predicted molar refractivity (Wildman–Crippen MR) is 120 cm³/mol. The fourth-order valence-corrected chi connectivity index (χ4v) is 3.56. The maximum atomic E-state index is 6.21. The summed E-state index contributed by atoms with van der Waals surface area (Å²) in [6, 6.07) is 23.9. The molecule has 0 amide bonds. The molecule has 0 aliphatic heterocycles. The van der Waals surface area contributed by atoms with Crippen LogP contribution in [0.1, 0.15) is 30.9 Å². The molecule has 0 aliphatic rings. The minimum Gasteiger partial charge on any atom is -0.457 e. The van der Waals surface area contributed by atoms with Gasteiger partial charge in [-0.25, -0.2) is 0 Å². The molecule has 0 heterocycles. The smallest absolute Gasteiger partial charge is 0.127 e. The Morgan fingerprint density at radius 2 is 1.64 bits per heavy atom. The fourth-order valence-electron chi connectivity index (χ4n) is 3.26. The van der Waals surface area contributed by atoms with Crippen molar-refractivity contribution in [2.45, 2.75) is 31.6 Å². The molecular formula is C25H24Cl2O. The second kappa shape index (κ2) is 9.32. The number of hydrogen-bond donors (Lipinski definition) is 0. The molecule has 1 atom stereocenters. The van der Waals surface area contributed by atoms with E-state index < -0.39 is 0 Å². The van der Waals surface area contributed by atoms with E-state index in [4.69, 9.17) is 27.9 Å². The van der Waals surface area contributed by atoms with Gasteiger partial charge in [-0.2, -0.15) is 0 Å². The monoisotopic (exact) mass is 410 g/mol. The van der Waals surface area contributed by atoms with Crippen molar-refractivity contribution in [2.75, 3.05) is 0 Å². The number of aryl methyl sites for hydroxylation is 1. The van der Waals surface area contributed by atoms with Crippen molar-refractivity contribution in [2.24, 2.45) is 0 Å². The molecule has 0 bridgehead atoms. The van der Waals surface area contributed by atoms with Gasteiger partial charge in [-0.05, 0) is 66.8 Å². The van der Waals surface area contributed by atoms with E-state index in [-0.39, 0.29) is 5.41 Å². The van der Waals surface area contributed by atoms with Crippen LogP contribution >= 0.6 is 23.2 Å². The normalized spacial score (nSPS) is 13.0. The van der Waals surface area contributed by atoms with E-state index in [0.717, 1.165) is 36.3 Å². The number of hydrogen-bond acceptors (Lipinski definition) is 1. The summed E-state index contributed by atoms with van der Waals surface area (Å²) in [6.07, 6.45) is 4.97. The molecule has 0 spiro atoms. The average molecular weight is 411 g/mol. The first kappa shape index (κ1) is 20.5. The van der Waals surface area contributed by atoms with Crippen LogP contribution in [-0.4, -0.2) is 0 Å². The molecule has 0 radical (unpaired) electrons. The lowest BCUT2D eigenvalue weighted by Crippen LogP contribution is -2.19. The zero-order valence-corrected chi connectivity index (χ0v) is 17.5. The summed E-state index contributed by atoms with van der Waals surface area (Å²) < 4.78 is 5.94. The predicted octanol–water partition coefficient (Wildman–Crippen LogP) is 8.25. The highest BCUT2D eigenvalue weighted by atomic mass is 35.5. The van der Waals surface area contributed by atoms with Crippen molar-refractivity contribution < 1.29 is 4.74 Å². The fraction of sp³-hybridized carbons (Fsp3) is 0.200. The van der Waals surface area contributed by atoms with Crippen molar-refractivity contribution in [1.82, 2.24) is 0 Å². The van der Waals surface area contributed by atoms with Crippen LogP contribution in [0.3, 0.4) is 0 Å². The van der Waals surface area contributed by atoms with Gasteiger partial charge in [0.1, 0.15) is 11.5 Å². The third-order valence-electron chi connectivity index (χ3n) is 5.07. The van der Waals surface area contributed by atoms with E-state index in [1.165, 1.54) is 5.56 Å². The summed E-state index contributed by atoms with van der Waals surface area (Å²) in [4.78, 5) is 0. The molecular weight excluding hydrogens is 387 g/mol. The minimum absolute atomic E-state index is 0.146. The van der Waals surface area contributed by atoms with Gasteiger partial charge in [0, 0.05) is 5.41 Å². The summed E-state index contributed by atoms with van der Waals surface area (Å²) in [6.45, 7) is 6.24. The number of benzene rings is 3. The van der Waals surface area contributed by atoms with Crippen molar-refractivity contribution in [3.63, 3.8) is 0 Å². The van der Waals surface area contributed by atoms with E-state index >= 15 is 0 Å². The van der Waals surface area contributed by atoms with Crippen LogP contribution in [0.25, 0.3) is 0 Å². The molecule has 0 saturated heterocycles. The summed E-state index contributed by atoms with van der Waals surface area (Å²) >= 11 is 12.3. The third-order valence-corrected chi connectivity index (χ3v) is 5.81. The van der Waals surface area contributed by atoms with Crippen molar-refractivity contribution in [1.29, 1.82) is 0 Å². The quantitative estimate of drug-likeness (QED) is 0.339. The Labute approximate surface area is 177 Å². The molecule has 1 unspecified atom stereocenters. The Kier molecular flexibility index (Phi) is 6.83. The number of ether oxygens (including phenoxy) is 1. The number of allylic oxidation sites excluding steroid dienone is 1. The van der Waals surface area contributed by atoms with Gasteiger partial charge in [-0.3, -0.25) is 0 Å². The number of para-hydroxylation sites is 1. The molecule has 3 rings (SSSR count). The first-order chi connectivity index (χ1) is 13.5. The van der Waals surface area contributed by atoms with Gasteiger partial charge < -0.3 is 4.74 Å². The summed E-state index contributed by atoms with van der Waals surface area (Å²) in [5.41, 5.74) is 2.25. The molecule has 0 N–H and O–H groups in total. The largest absolute Gasteiger partial charge is 0.457 e.